The van der Waals surface area contributed by atoms with Gasteiger partial charge in [0.1, 0.15) is 12.4 Å². The van der Waals surface area contributed by atoms with Gasteiger partial charge in [-0.1, -0.05) is 11.6 Å². The summed E-state index contributed by atoms with van der Waals surface area (Å²) in [4.78, 5) is 5.32. The van der Waals surface area contributed by atoms with Crippen LogP contribution in [0.15, 0.2) is 30.5 Å². The Hall–Kier alpha value is -1.66. The number of aryl methyl sites for hydroxylation is 1. The van der Waals surface area contributed by atoms with Gasteiger partial charge in [-0.15, -0.1) is 11.3 Å². The van der Waals surface area contributed by atoms with Gasteiger partial charge in [0.2, 0.25) is 0 Å². The minimum atomic E-state index is 0.0196. The Morgan fingerprint density at radius 1 is 1.36 bits per heavy atom. The highest BCUT2D eigenvalue weighted by Gasteiger charge is 2.20. The summed E-state index contributed by atoms with van der Waals surface area (Å²) in [6, 6.07) is 8.22. The van der Waals surface area contributed by atoms with Gasteiger partial charge in [-0.05, 0) is 49.7 Å². The maximum Gasteiger partial charge on any atom is 0.130 e. The topological polar surface area (TPSA) is 54.4 Å². The van der Waals surface area contributed by atoms with Crippen LogP contribution in [-0.4, -0.2) is 29.3 Å². The predicted octanol–water partition coefficient (Wildman–Crippen LogP) is 4.16. The molecule has 0 aliphatic carbocycles. The number of hydrogen-bond acceptors (Lipinski definition) is 5. The summed E-state index contributed by atoms with van der Waals surface area (Å²) < 4.78 is 7.22. The molecule has 3 heterocycles. The van der Waals surface area contributed by atoms with E-state index < -0.39 is 0 Å². The fourth-order valence-corrected chi connectivity index (χ4v) is 4.35. The number of aliphatic hydroxyl groups excluding tert-OH is 1. The fraction of sp³-hybridized carbons (Fsp3) is 0.316. The van der Waals surface area contributed by atoms with Crippen LogP contribution in [0.1, 0.15) is 16.9 Å². The van der Waals surface area contributed by atoms with Gasteiger partial charge in [-0.25, -0.2) is 0 Å². The summed E-state index contributed by atoms with van der Waals surface area (Å²) >= 11 is 7.89. The minimum absolute atomic E-state index is 0.0196. The number of halogens is 1. The van der Waals surface area contributed by atoms with Crippen LogP contribution in [0.4, 0.5) is 0 Å². The molecule has 1 fully saturated rings. The number of aliphatic hydroxyl groups is 1. The molecule has 25 heavy (non-hydrogen) atoms. The molecule has 0 spiro atoms. The summed E-state index contributed by atoms with van der Waals surface area (Å²) in [5.41, 5.74) is 3.92. The van der Waals surface area contributed by atoms with E-state index in [0.717, 1.165) is 50.5 Å². The largest absolute Gasteiger partial charge is 0.491 e. The molecule has 0 amide bonds. The van der Waals surface area contributed by atoms with Crippen molar-refractivity contribution in [1.29, 1.82) is 0 Å². The molecule has 2 N–H and O–H groups in total. The first kappa shape index (κ1) is 16.8. The first-order valence-corrected chi connectivity index (χ1v) is 9.50. The van der Waals surface area contributed by atoms with Gasteiger partial charge in [-0.2, -0.15) is 0 Å². The average molecular weight is 375 g/mol. The second-order valence-corrected chi connectivity index (χ2v) is 7.87. The number of rotatable bonds is 5. The fourth-order valence-electron chi connectivity index (χ4n) is 3.07. The first-order chi connectivity index (χ1) is 12.2. The Kier molecular flexibility index (Phi) is 4.65. The number of nitrogens with zero attached hydrogens (tertiary/aromatic N) is 1. The first-order valence-electron chi connectivity index (χ1n) is 8.30. The molecule has 1 atom stereocenters. The lowest BCUT2D eigenvalue weighted by Gasteiger charge is -2.28. The number of benzene rings is 1. The number of hydrogen-bond donors (Lipinski definition) is 2. The van der Waals surface area contributed by atoms with Crippen LogP contribution in [0.5, 0.6) is 5.75 Å². The van der Waals surface area contributed by atoms with Crippen molar-refractivity contribution in [1.82, 2.24) is 10.3 Å². The van der Waals surface area contributed by atoms with E-state index in [9.17, 15) is 5.11 Å². The van der Waals surface area contributed by atoms with Gasteiger partial charge in [0.15, 0.2) is 0 Å². The lowest BCUT2D eigenvalue weighted by molar-refractivity contribution is 0.217. The van der Waals surface area contributed by atoms with Crippen molar-refractivity contribution in [3.63, 3.8) is 0 Å². The molecule has 2 aromatic heterocycles. The third kappa shape index (κ3) is 3.25. The summed E-state index contributed by atoms with van der Waals surface area (Å²) in [7, 11) is 0. The normalized spacial score (nSPS) is 16.8. The van der Waals surface area contributed by atoms with E-state index in [1.54, 1.807) is 17.5 Å². The van der Waals surface area contributed by atoms with Crippen molar-refractivity contribution in [2.75, 3.05) is 13.2 Å². The molecule has 0 saturated carbocycles. The van der Waals surface area contributed by atoms with Gasteiger partial charge in [0, 0.05) is 33.3 Å². The molecule has 1 aromatic carbocycles. The Labute approximate surface area is 155 Å². The van der Waals surface area contributed by atoms with Gasteiger partial charge in [0.25, 0.3) is 0 Å². The van der Waals surface area contributed by atoms with Crippen LogP contribution in [-0.2, 0) is 6.61 Å². The van der Waals surface area contributed by atoms with Crippen LogP contribution in [0.3, 0.4) is 0 Å². The second kappa shape index (κ2) is 6.92. The number of aromatic nitrogens is 1. The molecule has 4 rings (SSSR count). The Balaban J connectivity index is 1.82. The standard InChI is InChI=1S/C19H19ClN2O2S/c1-11-6-12(20)7-16(18(11)24-10-13-2-4-21-13)15-3-5-22-17-8-14(9-23)25-19(15)17/h3,5-8,13,21,23H,2,4,9-10H2,1H3. The van der Waals surface area contributed by atoms with E-state index in [2.05, 4.69) is 10.3 Å². The Bertz CT molecular complexity index is 921. The molecule has 1 saturated heterocycles. The molecule has 130 valence electrons. The summed E-state index contributed by atoms with van der Waals surface area (Å²) in [5.74, 6) is 0.865. The Morgan fingerprint density at radius 3 is 2.92 bits per heavy atom. The number of nitrogens with one attached hydrogen (secondary N) is 1. The molecule has 1 aliphatic heterocycles. The zero-order valence-electron chi connectivity index (χ0n) is 13.9. The van der Waals surface area contributed by atoms with Crippen LogP contribution >= 0.6 is 22.9 Å². The highest BCUT2D eigenvalue weighted by molar-refractivity contribution is 7.19. The Morgan fingerprint density at radius 2 is 2.20 bits per heavy atom. The van der Waals surface area contributed by atoms with E-state index in [1.165, 1.54) is 0 Å². The zero-order valence-corrected chi connectivity index (χ0v) is 15.5. The highest BCUT2D eigenvalue weighted by Crippen LogP contribution is 2.41. The SMILES string of the molecule is Cc1cc(Cl)cc(-c2ccnc3cc(CO)sc23)c1OCC1CCN1. The van der Waals surface area contributed by atoms with Crippen LogP contribution in [0.2, 0.25) is 5.02 Å². The van der Waals surface area contributed by atoms with E-state index in [0.29, 0.717) is 17.7 Å². The third-order valence-corrected chi connectivity index (χ3v) is 5.86. The predicted molar refractivity (Wildman–Crippen MR) is 103 cm³/mol. The van der Waals surface area contributed by atoms with Gasteiger partial charge < -0.3 is 15.2 Å². The van der Waals surface area contributed by atoms with Crippen molar-refractivity contribution in [2.24, 2.45) is 0 Å². The zero-order chi connectivity index (χ0) is 17.4. The summed E-state index contributed by atoms with van der Waals surface area (Å²) in [5, 5.41) is 13.5. The average Bonchev–Trinajstić information content (AvgIpc) is 2.98. The lowest BCUT2D eigenvalue weighted by atomic mass is 10.0. The number of pyridine rings is 1. The summed E-state index contributed by atoms with van der Waals surface area (Å²) in [6.07, 6.45) is 2.94. The van der Waals surface area contributed by atoms with Crippen molar-refractivity contribution < 1.29 is 9.84 Å². The minimum Gasteiger partial charge on any atom is -0.491 e. The molecule has 3 aromatic rings. The van der Waals surface area contributed by atoms with E-state index in [1.807, 2.05) is 31.2 Å². The molecule has 1 unspecified atom stereocenters. The monoisotopic (exact) mass is 374 g/mol. The van der Waals surface area contributed by atoms with Crippen LogP contribution in [0, 0.1) is 6.92 Å². The molecule has 4 nitrogen and oxygen atoms in total. The van der Waals surface area contributed by atoms with Crippen molar-refractivity contribution >= 4 is 33.2 Å². The number of fused-ring (bicyclic) bond motifs is 1. The van der Waals surface area contributed by atoms with E-state index >= 15 is 0 Å². The summed E-state index contributed by atoms with van der Waals surface area (Å²) in [6.45, 7) is 3.75. The molecule has 6 heteroatoms. The number of ether oxygens (including phenoxy) is 1. The molecule has 0 radical (unpaired) electrons. The smallest absolute Gasteiger partial charge is 0.130 e. The molecular formula is C19H19ClN2O2S. The second-order valence-electron chi connectivity index (χ2n) is 6.29. The number of thiophene rings is 1. The molecular weight excluding hydrogens is 356 g/mol. The third-order valence-electron chi connectivity index (χ3n) is 4.50. The highest BCUT2D eigenvalue weighted by atomic mass is 35.5. The van der Waals surface area contributed by atoms with Gasteiger partial charge in [-0.3, -0.25) is 4.98 Å². The quantitative estimate of drug-likeness (QED) is 0.704. The van der Waals surface area contributed by atoms with E-state index in [-0.39, 0.29) is 6.61 Å². The van der Waals surface area contributed by atoms with Crippen molar-refractivity contribution in [2.45, 2.75) is 26.0 Å². The van der Waals surface area contributed by atoms with E-state index in [4.69, 9.17) is 16.3 Å². The molecule has 0 bridgehead atoms. The van der Waals surface area contributed by atoms with Crippen molar-refractivity contribution in [3.8, 4) is 16.9 Å². The lowest BCUT2D eigenvalue weighted by Crippen LogP contribution is -2.46. The van der Waals surface area contributed by atoms with Crippen LogP contribution < -0.4 is 10.1 Å². The van der Waals surface area contributed by atoms with Crippen molar-refractivity contribution in [3.05, 3.63) is 45.9 Å². The molecule has 1 aliphatic rings. The van der Waals surface area contributed by atoms with Gasteiger partial charge >= 0.3 is 0 Å². The van der Waals surface area contributed by atoms with Gasteiger partial charge in [0.05, 0.1) is 16.8 Å². The maximum atomic E-state index is 9.45. The maximum absolute atomic E-state index is 9.45. The van der Waals surface area contributed by atoms with Crippen LogP contribution in [0.25, 0.3) is 21.3 Å².